The molecule has 0 unspecified atom stereocenters. The van der Waals surface area contributed by atoms with Crippen molar-refractivity contribution in [2.24, 2.45) is 0 Å². The molecule has 2 rings (SSSR count). The summed E-state index contributed by atoms with van der Waals surface area (Å²) in [4.78, 5) is 10.4. The molecule has 0 aromatic heterocycles. The van der Waals surface area contributed by atoms with Gasteiger partial charge in [-0.25, -0.2) is 9.80 Å². The molecule has 0 fully saturated rings. The van der Waals surface area contributed by atoms with Gasteiger partial charge in [0.05, 0.1) is 0 Å². The first-order valence-corrected chi connectivity index (χ1v) is 4.57. The fourth-order valence-electron chi connectivity index (χ4n) is 1.73. The molecule has 1 heterocycles. The van der Waals surface area contributed by atoms with E-state index in [0.29, 0.717) is 6.54 Å². The van der Waals surface area contributed by atoms with Crippen molar-refractivity contribution < 1.29 is 9.90 Å². The molecular formula is C10H13ClN2O2. The highest BCUT2D eigenvalue weighted by atomic mass is 35.5. The van der Waals surface area contributed by atoms with Crippen molar-refractivity contribution >= 4 is 18.5 Å². The summed E-state index contributed by atoms with van der Waals surface area (Å²) in [6.45, 7) is 1.39. The molecule has 1 aromatic rings. The number of benzene rings is 1. The van der Waals surface area contributed by atoms with E-state index in [2.05, 4.69) is 11.5 Å². The molecule has 4 nitrogen and oxygen atoms in total. The summed E-state index contributed by atoms with van der Waals surface area (Å²) >= 11 is 0. The van der Waals surface area contributed by atoms with Gasteiger partial charge in [0.25, 0.3) is 0 Å². The standard InChI is InChI=1S/C10H12N2O2.ClH/c13-10(14)11-12-6-5-8-3-1-2-4-9(8)7-12;/h1-4,11H,5-7H2,(H,13,14);1H. The quantitative estimate of drug-likeness (QED) is 0.769. The van der Waals surface area contributed by atoms with Crippen LogP contribution in [0.1, 0.15) is 11.1 Å². The first-order chi connectivity index (χ1) is 6.75. The molecule has 5 heteroatoms. The average Bonchev–Trinajstić information content (AvgIpc) is 2.17. The number of halogens is 1. The molecule has 0 spiro atoms. The van der Waals surface area contributed by atoms with Crippen molar-refractivity contribution in [3.8, 4) is 0 Å². The molecule has 0 saturated heterocycles. The van der Waals surface area contributed by atoms with Gasteiger partial charge in [-0.3, -0.25) is 5.43 Å². The van der Waals surface area contributed by atoms with Crippen LogP contribution in [0.2, 0.25) is 0 Å². The highest BCUT2D eigenvalue weighted by Gasteiger charge is 2.16. The fourth-order valence-corrected chi connectivity index (χ4v) is 1.73. The number of hydrogen-bond acceptors (Lipinski definition) is 2. The second-order valence-electron chi connectivity index (χ2n) is 3.36. The Morgan fingerprint density at radius 2 is 2.00 bits per heavy atom. The SMILES string of the molecule is Cl.O=C(O)NN1CCc2ccccc2C1. The molecule has 82 valence electrons. The number of hydrogen-bond donors (Lipinski definition) is 2. The maximum atomic E-state index is 10.4. The smallest absolute Gasteiger partial charge is 0.419 e. The number of nitrogens with zero attached hydrogens (tertiary/aromatic N) is 1. The van der Waals surface area contributed by atoms with Crippen LogP contribution in [0.4, 0.5) is 4.79 Å². The second-order valence-corrected chi connectivity index (χ2v) is 3.36. The monoisotopic (exact) mass is 228 g/mol. The summed E-state index contributed by atoms with van der Waals surface area (Å²) in [7, 11) is 0. The van der Waals surface area contributed by atoms with Gasteiger partial charge in [-0.2, -0.15) is 0 Å². The largest absolute Gasteiger partial charge is 0.464 e. The van der Waals surface area contributed by atoms with Crippen LogP contribution in [0.3, 0.4) is 0 Å². The van der Waals surface area contributed by atoms with Crippen LogP contribution < -0.4 is 5.43 Å². The number of rotatable bonds is 1. The van der Waals surface area contributed by atoms with E-state index >= 15 is 0 Å². The van der Waals surface area contributed by atoms with Crippen molar-refractivity contribution in [2.45, 2.75) is 13.0 Å². The van der Waals surface area contributed by atoms with E-state index in [1.165, 1.54) is 11.1 Å². The third kappa shape index (κ3) is 2.84. The fraction of sp³-hybridized carbons (Fsp3) is 0.300. The van der Waals surface area contributed by atoms with Crippen LogP contribution in [0, 0.1) is 0 Å². The van der Waals surface area contributed by atoms with Crippen LogP contribution in [0.15, 0.2) is 24.3 Å². The average molecular weight is 229 g/mol. The van der Waals surface area contributed by atoms with E-state index in [4.69, 9.17) is 5.11 Å². The number of amides is 1. The summed E-state index contributed by atoms with van der Waals surface area (Å²) in [5.74, 6) is 0. The van der Waals surface area contributed by atoms with Gasteiger partial charge in [0.2, 0.25) is 0 Å². The number of hydrazine groups is 1. The van der Waals surface area contributed by atoms with Gasteiger partial charge in [-0.15, -0.1) is 12.4 Å². The Labute approximate surface area is 94.3 Å². The first kappa shape index (κ1) is 11.8. The Morgan fingerprint density at radius 1 is 1.33 bits per heavy atom. The minimum atomic E-state index is -0.996. The van der Waals surface area contributed by atoms with Crippen LogP contribution >= 0.6 is 12.4 Å². The molecule has 15 heavy (non-hydrogen) atoms. The lowest BCUT2D eigenvalue weighted by Gasteiger charge is -2.27. The molecule has 1 aliphatic rings. The van der Waals surface area contributed by atoms with Gasteiger partial charge in [0.15, 0.2) is 0 Å². The zero-order chi connectivity index (χ0) is 9.97. The van der Waals surface area contributed by atoms with Gasteiger partial charge in [-0.1, -0.05) is 24.3 Å². The number of carboxylic acid groups (broad SMARTS) is 1. The Morgan fingerprint density at radius 3 is 2.67 bits per heavy atom. The van der Waals surface area contributed by atoms with Crippen LogP contribution in [0.5, 0.6) is 0 Å². The Balaban J connectivity index is 0.00000112. The van der Waals surface area contributed by atoms with Gasteiger partial charge in [-0.05, 0) is 17.5 Å². The lowest BCUT2D eigenvalue weighted by Crippen LogP contribution is -2.44. The topological polar surface area (TPSA) is 52.6 Å². The predicted octanol–water partition coefficient (Wildman–Crippen LogP) is 1.65. The second kappa shape index (κ2) is 5.00. The summed E-state index contributed by atoms with van der Waals surface area (Å²) in [6, 6.07) is 8.11. The zero-order valence-electron chi connectivity index (χ0n) is 8.14. The molecule has 2 N–H and O–H groups in total. The highest BCUT2D eigenvalue weighted by molar-refractivity contribution is 5.85. The maximum absolute atomic E-state index is 10.4. The number of fused-ring (bicyclic) bond motifs is 1. The minimum Gasteiger partial charge on any atom is -0.464 e. The van der Waals surface area contributed by atoms with Crippen LogP contribution in [0.25, 0.3) is 0 Å². The Hall–Kier alpha value is -1.26. The predicted molar refractivity (Wildman–Crippen MR) is 59.0 cm³/mol. The molecule has 1 aromatic carbocycles. The van der Waals surface area contributed by atoms with Crippen molar-refractivity contribution in [1.29, 1.82) is 0 Å². The van der Waals surface area contributed by atoms with E-state index in [9.17, 15) is 4.79 Å². The summed E-state index contributed by atoms with van der Waals surface area (Å²) < 4.78 is 0. The number of carbonyl (C=O) groups is 1. The van der Waals surface area contributed by atoms with Gasteiger partial charge >= 0.3 is 6.09 Å². The van der Waals surface area contributed by atoms with Crippen molar-refractivity contribution in [3.05, 3.63) is 35.4 Å². The lowest BCUT2D eigenvalue weighted by molar-refractivity contribution is 0.130. The van der Waals surface area contributed by atoms with E-state index < -0.39 is 6.09 Å². The van der Waals surface area contributed by atoms with Crippen molar-refractivity contribution in [3.63, 3.8) is 0 Å². The molecule has 0 bridgehead atoms. The third-order valence-corrected chi connectivity index (χ3v) is 2.38. The summed E-state index contributed by atoms with van der Waals surface area (Å²) in [6.07, 6.45) is -0.0967. The van der Waals surface area contributed by atoms with Gasteiger partial charge < -0.3 is 5.11 Å². The van der Waals surface area contributed by atoms with Gasteiger partial charge in [0.1, 0.15) is 0 Å². The Bertz CT molecular complexity index is 357. The molecule has 1 aliphatic heterocycles. The minimum absolute atomic E-state index is 0. The summed E-state index contributed by atoms with van der Waals surface area (Å²) in [5.41, 5.74) is 4.89. The third-order valence-electron chi connectivity index (χ3n) is 2.38. The van der Waals surface area contributed by atoms with E-state index in [1.807, 2.05) is 18.2 Å². The maximum Gasteiger partial charge on any atom is 0.419 e. The lowest BCUT2D eigenvalue weighted by atomic mass is 10.0. The van der Waals surface area contributed by atoms with Gasteiger partial charge in [0, 0.05) is 13.1 Å². The highest BCUT2D eigenvalue weighted by Crippen LogP contribution is 2.16. The normalized spacial score (nSPS) is 14.9. The van der Waals surface area contributed by atoms with E-state index in [0.717, 1.165) is 13.0 Å². The van der Waals surface area contributed by atoms with Crippen LogP contribution in [-0.2, 0) is 13.0 Å². The summed E-state index contributed by atoms with van der Waals surface area (Å²) in [5, 5.41) is 10.3. The zero-order valence-corrected chi connectivity index (χ0v) is 8.96. The molecule has 0 atom stereocenters. The first-order valence-electron chi connectivity index (χ1n) is 4.57. The molecule has 1 amide bonds. The Kier molecular flexibility index (Phi) is 3.94. The van der Waals surface area contributed by atoms with E-state index in [1.54, 1.807) is 5.01 Å². The van der Waals surface area contributed by atoms with Crippen LogP contribution in [-0.4, -0.2) is 22.8 Å². The molecule has 0 radical (unpaired) electrons. The molecule has 0 saturated carbocycles. The van der Waals surface area contributed by atoms with Crippen molar-refractivity contribution in [2.75, 3.05) is 6.54 Å². The van der Waals surface area contributed by atoms with Crippen molar-refractivity contribution in [1.82, 2.24) is 10.4 Å². The number of nitrogens with one attached hydrogen (secondary N) is 1. The van der Waals surface area contributed by atoms with E-state index in [-0.39, 0.29) is 12.4 Å². The molecule has 0 aliphatic carbocycles. The molecular weight excluding hydrogens is 216 g/mol.